The quantitative estimate of drug-likeness (QED) is 0.762. The molecular weight excluding hydrogens is 294 g/mol. The average Bonchev–Trinajstić information content (AvgIpc) is 2.54. The van der Waals surface area contributed by atoms with Gasteiger partial charge in [-0.25, -0.2) is 8.42 Å². The van der Waals surface area contributed by atoms with E-state index in [4.69, 9.17) is 0 Å². The molecule has 0 aromatic heterocycles. The van der Waals surface area contributed by atoms with Crippen LogP contribution in [0.5, 0.6) is 0 Å². The van der Waals surface area contributed by atoms with Gasteiger partial charge in [-0.1, -0.05) is 60.7 Å². The van der Waals surface area contributed by atoms with Crippen LogP contribution in [0.4, 0.5) is 0 Å². The SMILES string of the molecule is C=CS(=O)(=O)N(Cc1ccccc1)C(C)CC1=CC=CCC1. The first-order chi connectivity index (χ1) is 10.5. The summed E-state index contributed by atoms with van der Waals surface area (Å²) in [4.78, 5) is 0. The second-order valence-electron chi connectivity index (χ2n) is 5.59. The van der Waals surface area contributed by atoms with Gasteiger partial charge >= 0.3 is 0 Å². The molecule has 0 fully saturated rings. The van der Waals surface area contributed by atoms with Crippen molar-refractivity contribution in [3.63, 3.8) is 0 Å². The molecule has 0 N–H and O–H groups in total. The molecule has 4 heteroatoms. The van der Waals surface area contributed by atoms with Crippen LogP contribution in [-0.2, 0) is 16.6 Å². The molecule has 1 aliphatic carbocycles. The highest BCUT2D eigenvalue weighted by molar-refractivity contribution is 7.92. The zero-order valence-electron chi connectivity index (χ0n) is 13.0. The van der Waals surface area contributed by atoms with Crippen molar-refractivity contribution in [3.05, 3.63) is 71.7 Å². The Morgan fingerprint density at radius 1 is 1.32 bits per heavy atom. The summed E-state index contributed by atoms with van der Waals surface area (Å²) >= 11 is 0. The summed E-state index contributed by atoms with van der Waals surface area (Å²) in [5.41, 5.74) is 2.28. The molecule has 118 valence electrons. The van der Waals surface area contributed by atoms with E-state index in [0.29, 0.717) is 6.54 Å². The van der Waals surface area contributed by atoms with E-state index in [2.05, 4.69) is 24.8 Å². The van der Waals surface area contributed by atoms with Crippen molar-refractivity contribution in [3.8, 4) is 0 Å². The maximum Gasteiger partial charge on any atom is 0.236 e. The summed E-state index contributed by atoms with van der Waals surface area (Å²) in [7, 11) is -3.46. The summed E-state index contributed by atoms with van der Waals surface area (Å²) in [6.45, 7) is 5.80. The normalized spacial score (nSPS) is 16.4. The third-order valence-corrected chi connectivity index (χ3v) is 5.43. The Morgan fingerprint density at radius 2 is 2.05 bits per heavy atom. The van der Waals surface area contributed by atoms with Gasteiger partial charge in [0.1, 0.15) is 0 Å². The standard InChI is InChI=1S/C18H23NO2S/c1-3-22(20,21)19(15-18-12-8-5-9-13-18)16(2)14-17-10-6-4-7-11-17/h3-6,8-10,12-13,16H,1,7,11,14-15H2,2H3. The van der Waals surface area contributed by atoms with Gasteiger partial charge in [-0.15, -0.1) is 0 Å². The van der Waals surface area contributed by atoms with Gasteiger partial charge in [-0.3, -0.25) is 0 Å². The van der Waals surface area contributed by atoms with Crippen molar-refractivity contribution < 1.29 is 8.42 Å². The van der Waals surface area contributed by atoms with Gasteiger partial charge in [0.2, 0.25) is 10.0 Å². The Balaban J connectivity index is 2.18. The Morgan fingerprint density at radius 3 is 2.64 bits per heavy atom. The average molecular weight is 317 g/mol. The van der Waals surface area contributed by atoms with E-state index in [9.17, 15) is 8.42 Å². The van der Waals surface area contributed by atoms with Crippen molar-refractivity contribution in [1.29, 1.82) is 0 Å². The third-order valence-electron chi connectivity index (χ3n) is 3.87. The lowest BCUT2D eigenvalue weighted by Gasteiger charge is -2.28. The summed E-state index contributed by atoms with van der Waals surface area (Å²) in [6.07, 6.45) is 9.08. The van der Waals surface area contributed by atoms with Gasteiger partial charge in [0.15, 0.2) is 0 Å². The summed E-state index contributed by atoms with van der Waals surface area (Å²) in [5, 5.41) is 1.04. The molecule has 22 heavy (non-hydrogen) atoms. The van der Waals surface area contributed by atoms with Gasteiger partial charge in [-0.05, 0) is 31.7 Å². The Labute approximate surface area is 133 Å². The van der Waals surface area contributed by atoms with E-state index < -0.39 is 10.0 Å². The molecule has 0 heterocycles. The fourth-order valence-electron chi connectivity index (χ4n) is 2.66. The number of sulfonamides is 1. The number of nitrogens with zero attached hydrogens (tertiary/aromatic N) is 1. The Hall–Kier alpha value is -1.65. The van der Waals surface area contributed by atoms with Gasteiger partial charge in [0.25, 0.3) is 0 Å². The lowest BCUT2D eigenvalue weighted by Crippen LogP contribution is -2.37. The van der Waals surface area contributed by atoms with Crippen LogP contribution in [0.15, 0.2) is 66.1 Å². The molecule has 1 unspecified atom stereocenters. The van der Waals surface area contributed by atoms with E-state index >= 15 is 0 Å². The van der Waals surface area contributed by atoms with Crippen LogP contribution in [-0.4, -0.2) is 18.8 Å². The topological polar surface area (TPSA) is 37.4 Å². The molecule has 1 atom stereocenters. The van der Waals surface area contributed by atoms with Crippen LogP contribution >= 0.6 is 0 Å². The van der Waals surface area contributed by atoms with E-state index in [-0.39, 0.29) is 6.04 Å². The van der Waals surface area contributed by atoms with Gasteiger partial charge in [0, 0.05) is 18.0 Å². The van der Waals surface area contributed by atoms with E-state index in [1.54, 1.807) is 0 Å². The van der Waals surface area contributed by atoms with Gasteiger partial charge in [0.05, 0.1) is 0 Å². The lowest BCUT2D eigenvalue weighted by molar-refractivity contribution is 0.330. The van der Waals surface area contributed by atoms with Crippen LogP contribution < -0.4 is 0 Å². The number of benzene rings is 1. The fourth-order valence-corrected chi connectivity index (χ4v) is 3.76. The molecule has 0 saturated heterocycles. The maximum absolute atomic E-state index is 12.4. The second-order valence-corrected chi connectivity index (χ2v) is 7.42. The maximum atomic E-state index is 12.4. The molecular formula is C18H23NO2S. The van der Waals surface area contributed by atoms with Crippen molar-refractivity contribution in [2.75, 3.05) is 0 Å². The van der Waals surface area contributed by atoms with Crippen molar-refractivity contribution in [1.82, 2.24) is 4.31 Å². The molecule has 3 nitrogen and oxygen atoms in total. The predicted molar refractivity (Wildman–Crippen MR) is 91.6 cm³/mol. The minimum atomic E-state index is -3.46. The number of hydrogen-bond donors (Lipinski definition) is 0. The first kappa shape index (κ1) is 16.7. The summed E-state index contributed by atoms with van der Waals surface area (Å²) in [6, 6.07) is 9.57. The second kappa shape index (κ2) is 7.56. The van der Waals surface area contributed by atoms with E-state index in [1.165, 1.54) is 9.88 Å². The Kier molecular flexibility index (Phi) is 5.75. The zero-order valence-corrected chi connectivity index (χ0v) is 13.8. The molecule has 2 rings (SSSR count). The van der Waals surface area contributed by atoms with Crippen molar-refractivity contribution in [2.24, 2.45) is 0 Å². The molecule has 1 aromatic carbocycles. The molecule has 0 radical (unpaired) electrons. The number of hydrogen-bond acceptors (Lipinski definition) is 2. The van der Waals surface area contributed by atoms with Gasteiger partial charge < -0.3 is 0 Å². The molecule has 1 aromatic rings. The minimum absolute atomic E-state index is 0.0963. The monoisotopic (exact) mass is 317 g/mol. The molecule has 0 aliphatic heterocycles. The van der Waals surface area contributed by atoms with Crippen LogP contribution in [0.2, 0.25) is 0 Å². The molecule has 0 spiro atoms. The smallest absolute Gasteiger partial charge is 0.208 e. The lowest BCUT2D eigenvalue weighted by atomic mass is 9.98. The van der Waals surface area contributed by atoms with Crippen LogP contribution in [0.25, 0.3) is 0 Å². The minimum Gasteiger partial charge on any atom is -0.208 e. The molecule has 1 aliphatic rings. The number of rotatable bonds is 7. The van der Waals surface area contributed by atoms with Crippen molar-refractivity contribution in [2.45, 2.75) is 38.8 Å². The van der Waals surface area contributed by atoms with Crippen LogP contribution in [0, 0.1) is 0 Å². The summed E-state index contributed by atoms with van der Waals surface area (Å²) in [5.74, 6) is 0. The largest absolute Gasteiger partial charge is 0.236 e. The summed E-state index contributed by atoms with van der Waals surface area (Å²) < 4.78 is 26.3. The van der Waals surface area contributed by atoms with Crippen LogP contribution in [0.1, 0.15) is 31.7 Å². The van der Waals surface area contributed by atoms with E-state index in [1.807, 2.05) is 37.3 Å². The predicted octanol–water partition coefficient (Wildman–Crippen LogP) is 4.02. The fraction of sp³-hybridized carbons (Fsp3) is 0.333. The Bertz CT molecular complexity index is 660. The number of allylic oxidation sites excluding steroid dienone is 3. The van der Waals surface area contributed by atoms with Crippen LogP contribution in [0.3, 0.4) is 0 Å². The van der Waals surface area contributed by atoms with Crippen molar-refractivity contribution >= 4 is 10.0 Å². The highest BCUT2D eigenvalue weighted by Gasteiger charge is 2.25. The first-order valence-corrected chi connectivity index (χ1v) is 9.06. The third kappa shape index (κ3) is 4.42. The first-order valence-electron chi connectivity index (χ1n) is 7.55. The molecule has 0 saturated carbocycles. The highest BCUT2D eigenvalue weighted by atomic mass is 32.2. The zero-order chi connectivity index (χ0) is 16.0. The van der Waals surface area contributed by atoms with E-state index in [0.717, 1.165) is 30.2 Å². The molecule has 0 amide bonds. The highest BCUT2D eigenvalue weighted by Crippen LogP contribution is 2.23. The van der Waals surface area contributed by atoms with Gasteiger partial charge in [-0.2, -0.15) is 4.31 Å². The molecule has 0 bridgehead atoms.